The molecule has 158 valence electrons. The summed E-state index contributed by atoms with van der Waals surface area (Å²) in [7, 11) is -2.02. The minimum absolute atomic E-state index is 0.130. The van der Waals surface area contributed by atoms with Crippen LogP contribution in [0.5, 0.6) is 0 Å². The van der Waals surface area contributed by atoms with Gasteiger partial charge in [0.1, 0.15) is 5.82 Å². The standard InChI is InChI=1S/C20H22N4O4S2/c1-13-3-6-18(21-12-13)22-19(25)14-7-9-24(10-8-14)30(27,28)15-4-5-16-17(11-15)29-20(26)23(16)2/h3-6,11-12,14H,7-10H2,1-2H3,(H,21,22,25). The number of aryl methyl sites for hydroxylation is 2. The lowest BCUT2D eigenvalue weighted by Gasteiger charge is -2.30. The summed E-state index contributed by atoms with van der Waals surface area (Å²) in [4.78, 5) is 28.6. The van der Waals surface area contributed by atoms with Crippen LogP contribution in [0, 0.1) is 12.8 Å². The summed E-state index contributed by atoms with van der Waals surface area (Å²) in [5.41, 5.74) is 1.72. The van der Waals surface area contributed by atoms with Gasteiger partial charge in [-0.25, -0.2) is 13.4 Å². The minimum Gasteiger partial charge on any atom is -0.310 e. The fourth-order valence-corrected chi connectivity index (χ4v) is 6.04. The molecule has 1 aromatic carbocycles. The van der Waals surface area contributed by atoms with Crippen LogP contribution in [0.2, 0.25) is 0 Å². The Hall–Kier alpha value is -2.56. The van der Waals surface area contributed by atoms with Gasteiger partial charge in [0.25, 0.3) is 0 Å². The highest BCUT2D eigenvalue weighted by Gasteiger charge is 2.32. The van der Waals surface area contributed by atoms with Crippen molar-refractivity contribution >= 4 is 43.3 Å². The number of carbonyl (C=O) groups excluding carboxylic acids is 1. The lowest BCUT2D eigenvalue weighted by atomic mass is 9.97. The van der Waals surface area contributed by atoms with E-state index in [1.165, 1.54) is 14.9 Å². The maximum atomic E-state index is 13.1. The van der Waals surface area contributed by atoms with Crippen molar-refractivity contribution in [2.24, 2.45) is 13.0 Å². The van der Waals surface area contributed by atoms with Crippen molar-refractivity contribution in [3.8, 4) is 0 Å². The molecule has 0 unspecified atom stereocenters. The number of nitrogens with zero attached hydrogens (tertiary/aromatic N) is 3. The molecular formula is C20H22N4O4S2. The molecule has 0 saturated carbocycles. The first-order valence-corrected chi connectivity index (χ1v) is 11.8. The average Bonchev–Trinajstić information content (AvgIpc) is 3.03. The molecular weight excluding hydrogens is 424 g/mol. The fraction of sp³-hybridized carbons (Fsp3) is 0.350. The van der Waals surface area contributed by atoms with Gasteiger partial charge in [0.15, 0.2) is 0 Å². The van der Waals surface area contributed by atoms with Gasteiger partial charge in [0.2, 0.25) is 15.9 Å². The van der Waals surface area contributed by atoms with Gasteiger partial charge < -0.3 is 9.88 Å². The van der Waals surface area contributed by atoms with Gasteiger partial charge in [-0.2, -0.15) is 4.31 Å². The fourth-order valence-electron chi connectivity index (χ4n) is 3.55. The second-order valence-corrected chi connectivity index (χ2v) is 10.4. The van der Waals surface area contributed by atoms with Gasteiger partial charge in [-0.05, 0) is 49.6 Å². The van der Waals surface area contributed by atoms with Crippen LogP contribution in [-0.4, -0.2) is 41.3 Å². The average molecular weight is 447 g/mol. The molecule has 0 atom stereocenters. The first kappa shape index (κ1) is 20.7. The predicted molar refractivity (Wildman–Crippen MR) is 116 cm³/mol. The Morgan fingerprint density at radius 1 is 1.20 bits per heavy atom. The molecule has 1 saturated heterocycles. The lowest BCUT2D eigenvalue weighted by molar-refractivity contribution is -0.120. The minimum atomic E-state index is -3.69. The Morgan fingerprint density at radius 2 is 1.93 bits per heavy atom. The van der Waals surface area contributed by atoms with Crippen LogP contribution < -0.4 is 10.2 Å². The monoisotopic (exact) mass is 446 g/mol. The first-order chi connectivity index (χ1) is 14.3. The molecule has 1 aliphatic rings. The van der Waals surface area contributed by atoms with Gasteiger partial charge in [0.05, 0.1) is 15.1 Å². The third-order valence-electron chi connectivity index (χ3n) is 5.39. The second kappa shape index (κ2) is 7.93. The van der Waals surface area contributed by atoms with Gasteiger partial charge in [-0.3, -0.25) is 9.59 Å². The number of amides is 1. The quantitative estimate of drug-likeness (QED) is 0.663. The van der Waals surface area contributed by atoms with Crippen molar-refractivity contribution in [1.29, 1.82) is 0 Å². The molecule has 1 amide bonds. The second-order valence-electron chi connectivity index (χ2n) is 7.44. The Balaban J connectivity index is 1.44. The molecule has 10 heteroatoms. The number of carbonyl (C=O) groups is 1. The Morgan fingerprint density at radius 3 is 2.60 bits per heavy atom. The van der Waals surface area contributed by atoms with E-state index >= 15 is 0 Å². The number of anilines is 1. The molecule has 3 aromatic rings. The number of pyridine rings is 1. The van der Waals surface area contributed by atoms with Crippen LogP contribution in [0.3, 0.4) is 0 Å². The number of thiazole rings is 1. The number of nitrogens with one attached hydrogen (secondary N) is 1. The molecule has 4 rings (SSSR count). The summed E-state index contributed by atoms with van der Waals surface area (Å²) in [6, 6.07) is 8.37. The molecule has 0 bridgehead atoms. The normalized spacial score (nSPS) is 16.1. The zero-order valence-corrected chi connectivity index (χ0v) is 18.3. The maximum absolute atomic E-state index is 13.1. The van der Waals surface area contributed by atoms with E-state index in [1.54, 1.807) is 31.4 Å². The summed E-state index contributed by atoms with van der Waals surface area (Å²) >= 11 is 1.03. The zero-order valence-electron chi connectivity index (χ0n) is 16.7. The van der Waals surface area contributed by atoms with Crippen molar-refractivity contribution in [3.05, 3.63) is 51.8 Å². The van der Waals surface area contributed by atoms with E-state index < -0.39 is 10.0 Å². The van der Waals surface area contributed by atoms with Crippen molar-refractivity contribution < 1.29 is 13.2 Å². The smallest absolute Gasteiger partial charge is 0.307 e. The largest absolute Gasteiger partial charge is 0.310 e. The molecule has 1 N–H and O–H groups in total. The van der Waals surface area contributed by atoms with Crippen LogP contribution in [0.15, 0.2) is 46.2 Å². The summed E-state index contributed by atoms with van der Waals surface area (Å²) in [5, 5.41) is 2.80. The molecule has 0 radical (unpaired) electrons. The van der Waals surface area contributed by atoms with Crippen molar-refractivity contribution in [2.75, 3.05) is 18.4 Å². The van der Waals surface area contributed by atoms with Crippen LogP contribution in [0.1, 0.15) is 18.4 Å². The molecule has 2 aromatic heterocycles. The number of sulfonamides is 1. The van der Waals surface area contributed by atoms with E-state index in [-0.39, 0.29) is 34.7 Å². The van der Waals surface area contributed by atoms with Crippen molar-refractivity contribution in [3.63, 3.8) is 0 Å². The van der Waals surface area contributed by atoms with Crippen LogP contribution >= 0.6 is 11.3 Å². The molecule has 1 aliphatic heterocycles. The Kier molecular flexibility index (Phi) is 5.48. The van der Waals surface area contributed by atoms with E-state index in [9.17, 15) is 18.0 Å². The van der Waals surface area contributed by atoms with Crippen LogP contribution in [0.25, 0.3) is 10.2 Å². The van der Waals surface area contributed by atoms with Crippen LogP contribution in [-0.2, 0) is 21.9 Å². The van der Waals surface area contributed by atoms with Crippen molar-refractivity contribution in [2.45, 2.75) is 24.7 Å². The van der Waals surface area contributed by atoms with Crippen LogP contribution in [0.4, 0.5) is 5.82 Å². The van der Waals surface area contributed by atoms with E-state index in [1.807, 2.05) is 13.0 Å². The van der Waals surface area contributed by atoms with E-state index in [4.69, 9.17) is 0 Å². The number of aromatic nitrogens is 2. The summed E-state index contributed by atoms with van der Waals surface area (Å²) in [6.45, 7) is 2.46. The highest BCUT2D eigenvalue weighted by atomic mass is 32.2. The first-order valence-electron chi connectivity index (χ1n) is 9.59. The molecule has 0 aliphatic carbocycles. The molecule has 30 heavy (non-hydrogen) atoms. The van der Waals surface area contributed by atoms with Gasteiger partial charge in [0, 0.05) is 32.3 Å². The van der Waals surface area contributed by atoms with E-state index in [0.717, 1.165) is 16.9 Å². The van der Waals surface area contributed by atoms with Gasteiger partial charge >= 0.3 is 4.87 Å². The highest BCUT2D eigenvalue weighted by molar-refractivity contribution is 7.89. The maximum Gasteiger partial charge on any atom is 0.307 e. The number of piperidine rings is 1. The van der Waals surface area contributed by atoms with Crippen molar-refractivity contribution in [1.82, 2.24) is 13.9 Å². The van der Waals surface area contributed by atoms with Gasteiger partial charge in [-0.1, -0.05) is 17.4 Å². The molecule has 3 heterocycles. The highest BCUT2D eigenvalue weighted by Crippen LogP contribution is 2.27. The molecule has 0 spiro atoms. The topological polar surface area (TPSA) is 101 Å². The number of hydrogen-bond donors (Lipinski definition) is 1. The number of benzene rings is 1. The lowest BCUT2D eigenvalue weighted by Crippen LogP contribution is -2.41. The third kappa shape index (κ3) is 3.90. The number of rotatable bonds is 4. The van der Waals surface area contributed by atoms with E-state index in [2.05, 4.69) is 10.3 Å². The molecule has 8 nitrogen and oxygen atoms in total. The van der Waals surface area contributed by atoms with Gasteiger partial charge in [-0.15, -0.1) is 0 Å². The predicted octanol–water partition coefficient (Wildman–Crippen LogP) is 2.34. The Bertz CT molecular complexity index is 1250. The SMILES string of the molecule is Cc1ccc(NC(=O)C2CCN(S(=O)(=O)c3ccc4c(c3)sc(=O)n4C)CC2)nc1. The number of hydrogen-bond acceptors (Lipinski definition) is 6. The summed E-state index contributed by atoms with van der Waals surface area (Å²) in [6.07, 6.45) is 2.57. The third-order valence-corrected chi connectivity index (χ3v) is 8.28. The molecule has 1 fully saturated rings. The van der Waals surface area contributed by atoms with E-state index in [0.29, 0.717) is 28.9 Å². The summed E-state index contributed by atoms with van der Waals surface area (Å²) in [5.74, 6) is 0.0936. The Labute approximate surface area is 178 Å². The zero-order chi connectivity index (χ0) is 21.5. The summed E-state index contributed by atoms with van der Waals surface area (Å²) < 4.78 is 29.7. The number of fused-ring (bicyclic) bond motifs is 1.